The molecule has 0 N–H and O–H groups in total. The van der Waals surface area contributed by atoms with Crippen molar-refractivity contribution in [3.63, 3.8) is 0 Å². The molecule has 0 amide bonds. The molecule has 1 nitrogen and oxygen atoms in total. The molecule has 2 bridgehead atoms. The number of fused-ring (bicyclic) bond motifs is 2. The van der Waals surface area contributed by atoms with Gasteiger partial charge in [-0.05, 0) is 39.5 Å². The fourth-order valence-corrected chi connectivity index (χ4v) is 3.15. The number of rotatable bonds is 1. The minimum atomic E-state index is 0.338. The molecule has 1 aliphatic heterocycles. The van der Waals surface area contributed by atoms with Crippen LogP contribution in [0, 0.1) is 5.92 Å². The summed E-state index contributed by atoms with van der Waals surface area (Å²) in [6, 6.07) is 1.53. The summed E-state index contributed by atoms with van der Waals surface area (Å²) in [5.41, 5.74) is 0.338. The Morgan fingerprint density at radius 3 is 2.46 bits per heavy atom. The largest absolute Gasteiger partial charge is 0.289 e. The Labute approximate surface area is 81.8 Å². The van der Waals surface area contributed by atoms with E-state index >= 15 is 0 Å². The molecule has 2 aliphatic rings. The topological polar surface area (TPSA) is 3.24 Å². The van der Waals surface area contributed by atoms with Crippen molar-refractivity contribution in [2.24, 2.45) is 5.92 Å². The van der Waals surface area contributed by atoms with Gasteiger partial charge in [0.15, 0.2) is 0 Å². The summed E-state index contributed by atoms with van der Waals surface area (Å²) in [5.74, 6) is 0.842. The first-order chi connectivity index (χ1) is 6.04. The molecule has 3 atom stereocenters. The van der Waals surface area contributed by atoms with E-state index in [4.69, 9.17) is 0 Å². The van der Waals surface area contributed by atoms with Crippen molar-refractivity contribution >= 4 is 0 Å². The normalized spacial score (nSPS) is 38.9. The highest BCUT2D eigenvalue weighted by atomic mass is 15.3. The predicted octanol–water partition coefficient (Wildman–Crippen LogP) is 2.82. The zero-order chi connectivity index (χ0) is 9.64. The van der Waals surface area contributed by atoms with Crippen LogP contribution in [0.3, 0.4) is 0 Å². The van der Waals surface area contributed by atoms with Crippen LogP contribution in [0.5, 0.6) is 0 Å². The Bertz CT molecular complexity index is 224. The maximum Gasteiger partial charge on any atom is 0.0292 e. The standard InChI is InChI=1S/C12H21N/c1-5-11-9-6-7-10(8-9)13(11)12(2,3)4/h6-7,9-11H,5,8H2,1-4H3. The van der Waals surface area contributed by atoms with Gasteiger partial charge in [0.2, 0.25) is 0 Å². The monoisotopic (exact) mass is 179 g/mol. The van der Waals surface area contributed by atoms with E-state index in [-0.39, 0.29) is 0 Å². The summed E-state index contributed by atoms with van der Waals surface area (Å²) in [5, 5.41) is 0. The van der Waals surface area contributed by atoms with E-state index in [1.54, 1.807) is 0 Å². The van der Waals surface area contributed by atoms with Gasteiger partial charge in [-0.25, -0.2) is 0 Å². The van der Waals surface area contributed by atoms with Crippen LogP contribution < -0.4 is 0 Å². The molecule has 0 aromatic rings. The first-order valence-electron chi connectivity index (χ1n) is 5.51. The Balaban J connectivity index is 2.23. The molecule has 0 spiro atoms. The number of likely N-dealkylation sites (tertiary alicyclic amines) is 1. The quantitative estimate of drug-likeness (QED) is 0.559. The summed E-state index contributed by atoms with van der Waals surface area (Å²) in [6.07, 6.45) is 7.50. The molecular weight excluding hydrogens is 158 g/mol. The van der Waals surface area contributed by atoms with Gasteiger partial charge < -0.3 is 0 Å². The van der Waals surface area contributed by atoms with Gasteiger partial charge >= 0.3 is 0 Å². The van der Waals surface area contributed by atoms with Gasteiger partial charge in [0.1, 0.15) is 0 Å². The van der Waals surface area contributed by atoms with E-state index in [2.05, 4.69) is 44.7 Å². The molecule has 3 unspecified atom stereocenters. The molecule has 2 rings (SSSR count). The smallest absolute Gasteiger partial charge is 0.0292 e. The van der Waals surface area contributed by atoms with Crippen molar-refractivity contribution < 1.29 is 0 Å². The Kier molecular flexibility index (Phi) is 2.03. The average molecular weight is 179 g/mol. The first kappa shape index (κ1) is 9.26. The van der Waals surface area contributed by atoms with Crippen molar-refractivity contribution in [3.05, 3.63) is 12.2 Å². The van der Waals surface area contributed by atoms with Crippen LogP contribution in [0.4, 0.5) is 0 Å². The maximum atomic E-state index is 2.71. The van der Waals surface area contributed by atoms with Gasteiger partial charge in [-0.1, -0.05) is 19.1 Å². The lowest BCUT2D eigenvalue weighted by Gasteiger charge is -2.42. The summed E-state index contributed by atoms with van der Waals surface area (Å²) in [4.78, 5) is 2.71. The fourth-order valence-electron chi connectivity index (χ4n) is 3.15. The number of hydrogen-bond acceptors (Lipinski definition) is 1. The molecule has 0 aromatic carbocycles. The highest BCUT2D eigenvalue weighted by Crippen LogP contribution is 2.42. The van der Waals surface area contributed by atoms with Crippen molar-refractivity contribution in [1.29, 1.82) is 0 Å². The summed E-state index contributed by atoms with van der Waals surface area (Å²) >= 11 is 0. The van der Waals surface area contributed by atoms with E-state index in [1.165, 1.54) is 12.8 Å². The van der Waals surface area contributed by atoms with E-state index in [9.17, 15) is 0 Å². The van der Waals surface area contributed by atoms with Crippen molar-refractivity contribution in [3.8, 4) is 0 Å². The molecule has 74 valence electrons. The molecule has 1 heterocycles. The predicted molar refractivity (Wildman–Crippen MR) is 56.7 cm³/mol. The van der Waals surface area contributed by atoms with E-state index in [1.807, 2.05) is 0 Å². The third-order valence-electron chi connectivity index (χ3n) is 3.50. The van der Waals surface area contributed by atoms with E-state index < -0.39 is 0 Å². The number of nitrogens with zero attached hydrogens (tertiary/aromatic N) is 1. The third kappa shape index (κ3) is 1.34. The van der Waals surface area contributed by atoms with Gasteiger partial charge in [0.05, 0.1) is 0 Å². The van der Waals surface area contributed by atoms with Crippen molar-refractivity contribution in [1.82, 2.24) is 4.90 Å². The first-order valence-corrected chi connectivity index (χ1v) is 5.51. The average Bonchev–Trinajstić information content (AvgIpc) is 2.59. The summed E-state index contributed by atoms with van der Waals surface area (Å²) in [7, 11) is 0. The highest BCUT2D eigenvalue weighted by molar-refractivity contribution is 5.18. The van der Waals surface area contributed by atoms with Crippen LogP contribution in [0.2, 0.25) is 0 Å². The lowest BCUT2D eigenvalue weighted by atomic mass is 9.95. The molecule has 0 saturated carbocycles. The highest BCUT2D eigenvalue weighted by Gasteiger charge is 2.45. The molecule has 1 fully saturated rings. The second-order valence-electron chi connectivity index (χ2n) is 5.41. The molecule has 1 saturated heterocycles. The molecule has 1 heteroatoms. The van der Waals surface area contributed by atoms with Crippen LogP contribution in [0.1, 0.15) is 40.5 Å². The second-order valence-corrected chi connectivity index (χ2v) is 5.41. The van der Waals surface area contributed by atoms with Crippen LogP contribution >= 0.6 is 0 Å². The van der Waals surface area contributed by atoms with Gasteiger partial charge in [-0.15, -0.1) is 0 Å². The molecule has 0 aromatic heterocycles. The number of hydrogen-bond donors (Lipinski definition) is 0. The Morgan fingerprint density at radius 2 is 2.00 bits per heavy atom. The SMILES string of the molecule is CCC1C2C=CC(C2)N1C(C)(C)C. The minimum Gasteiger partial charge on any atom is -0.289 e. The van der Waals surface area contributed by atoms with Crippen LogP contribution in [-0.2, 0) is 0 Å². The van der Waals surface area contributed by atoms with E-state index in [0.717, 1.165) is 18.0 Å². The molecule has 0 radical (unpaired) electrons. The summed E-state index contributed by atoms with van der Waals surface area (Å²) < 4.78 is 0. The zero-order valence-electron chi connectivity index (χ0n) is 9.25. The maximum absolute atomic E-state index is 2.71. The molecule has 13 heavy (non-hydrogen) atoms. The van der Waals surface area contributed by atoms with Crippen LogP contribution in [-0.4, -0.2) is 22.5 Å². The van der Waals surface area contributed by atoms with Gasteiger partial charge in [-0.2, -0.15) is 0 Å². The van der Waals surface area contributed by atoms with Crippen LogP contribution in [0.25, 0.3) is 0 Å². The van der Waals surface area contributed by atoms with Gasteiger partial charge in [-0.3, -0.25) is 4.90 Å². The van der Waals surface area contributed by atoms with Gasteiger partial charge in [0, 0.05) is 17.6 Å². The minimum absolute atomic E-state index is 0.338. The lowest BCUT2D eigenvalue weighted by Crippen LogP contribution is -2.50. The lowest BCUT2D eigenvalue weighted by molar-refractivity contribution is 0.0804. The van der Waals surface area contributed by atoms with Crippen LogP contribution in [0.15, 0.2) is 12.2 Å². The van der Waals surface area contributed by atoms with E-state index in [0.29, 0.717) is 5.54 Å². The molecule has 1 aliphatic carbocycles. The Hall–Kier alpha value is -0.300. The zero-order valence-corrected chi connectivity index (χ0v) is 9.25. The third-order valence-corrected chi connectivity index (χ3v) is 3.50. The Morgan fingerprint density at radius 1 is 1.31 bits per heavy atom. The molecular formula is C12H21N. The van der Waals surface area contributed by atoms with Crippen molar-refractivity contribution in [2.75, 3.05) is 0 Å². The van der Waals surface area contributed by atoms with Crippen molar-refractivity contribution in [2.45, 2.75) is 58.2 Å². The fraction of sp³-hybridized carbons (Fsp3) is 0.833. The summed E-state index contributed by atoms with van der Waals surface area (Å²) in [6.45, 7) is 9.33. The second kappa shape index (κ2) is 2.84. The van der Waals surface area contributed by atoms with Gasteiger partial charge in [0.25, 0.3) is 0 Å².